The van der Waals surface area contributed by atoms with E-state index >= 15 is 0 Å². The van der Waals surface area contributed by atoms with Crippen molar-refractivity contribution in [1.29, 1.82) is 0 Å². The summed E-state index contributed by atoms with van der Waals surface area (Å²) in [6.07, 6.45) is 2.68. The van der Waals surface area contributed by atoms with Gasteiger partial charge in [-0.1, -0.05) is 0 Å². The van der Waals surface area contributed by atoms with Crippen molar-refractivity contribution in [2.45, 2.75) is 0 Å². The largest absolute Gasteiger partial charge is 0.399 e. The fourth-order valence-electron chi connectivity index (χ4n) is 1.45. The second kappa shape index (κ2) is 3.24. The predicted molar refractivity (Wildman–Crippen MR) is 64.3 cm³/mol. The van der Waals surface area contributed by atoms with E-state index in [4.69, 9.17) is 5.73 Å². The quantitative estimate of drug-likeness (QED) is 0.814. The molecular weight excluding hydrogens is 280 g/mol. The molecule has 0 spiro atoms. The Morgan fingerprint density at radius 3 is 2.67 bits per heavy atom. The molecule has 1 heterocycles. The zero-order valence-electron chi connectivity index (χ0n) is 7.94. The highest BCUT2D eigenvalue weighted by molar-refractivity contribution is 9.10. The van der Waals surface area contributed by atoms with E-state index < -0.39 is 10.0 Å². The lowest BCUT2D eigenvalue weighted by atomic mass is 10.2. The van der Waals surface area contributed by atoms with E-state index in [-0.39, 0.29) is 0 Å². The number of fused-ring (bicyclic) bond motifs is 1. The van der Waals surface area contributed by atoms with Crippen LogP contribution in [0.2, 0.25) is 0 Å². The van der Waals surface area contributed by atoms with Crippen LogP contribution in [0.15, 0.2) is 28.9 Å². The van der Waals surface area contributed by atoms with E-state index in [1.807, 2.05) is 0 Å². The number of nitrogen functional groups attached to an aromatic ring is 1. The molecule has 15 heavy (non-hydrogen) atoms. The lowest BCUT2D eigenvalue weighted by Gasteiger charge is -2.01. The summed E-state index contributed by atoms with van der Waals surface area (Å²) in [5.74, 6) is 0. The molecule has 0 aliphatic heterocycles. The first-order valence-corrected chi connectivity index (χ1v) is 6.80. The summed E-state index contributed by atoms with van der Waals surface area (Å²) in [4.78, 5) is 0. The minimum absolute atomic E-state index is 0.540. The topological polar surface area (TPSA) is 65.1 Å². The smallest absolute Gasteiger partial charge is 0.236 e. The van der Waals surface area contributed by atoms with E-state index in [1.54, 1.807) is 18.2 Å². The van der Waals surface area contributed by atoms with Crippen LogP contribution in [0.25, 0.3) is 10.9 Å². The lowest BCUT2D eigenvalue weighted by Crippen LogP contribution is -2.08. The summed E-state index contributed by atoms with van der Waals surface area (Å²) in [5.41, 5.74) is 6.75. The number of hydrogen-bond donors (Lipinski definition) is 1. The Bertz CT molecular complexity index is 631. The summed E-state index contributed by atoms with van der Waals surface area (Å²) < 4.78 is 24.9. The third-order valence-corrected chi connectivity index (χ3v) is 3.75. The van der Waals surface area contributed by atoms with Crippen molar-refractivity contribution in [3.8, 4) is 0 Å². The maximum absolute atomic E-state index is 11.5. The van der Waals surface area contributed by atoms with E-state index in [0.29, 0.717) is 11.2 Å². The molecule has 1 aromatic heterocycles. The molecule has 0 unspecified atom stereocenters. The van der Waals surface area contributed by atoms with Crippen LogP contribution in [-0.2, 0) is 10.0 Å². The number of aromatic nitrogens is 1. The second-order valence-electron chi connectivity index (χ2n) is 3.31. The van der Waals surface area contributed by atoms with Gasteiger partial charge in [0.2, 0.25) is 10.0 Å². The summed E-state index contributed by atoms with van der Waals surface area (Å²) in [5, 5.41) is 0.828. The van der Waals surface area contributed by atoms with E-state index in [0.717, 1.165) is 16.1 Å². The van der Waals surface area contributed by atoms with Gasteiger partial charge in [-0.3, -0.25) is 0 Å². The minimum atomic E-state index is -3.29. The number of rotatable bonds is 1. The maximum Gasteiger partial charge on any atom is 0.236 e. The molecule has 2 N–H and O–H groups in total. The molecular formula is C9H9BrN2O2S. The van der Waals surface area contributed by atoms with Crippen LogP contribution < -0.4 is 5.73 Å². The van der Waals surface area contributed by atoms with Crippen LogP contribution in [-0.4, -0.2) is 18.6 Å². The van der Waals surface area contributed by atoms with E-state index in [1.165, 1.54) is 10.2 Å². The first kappa shape index (κ1) is 10.5. The minimum Gasteiger partial charge on any atom is -0.399 e. The van der Waals surface area contributed by atoms with Crippen LogP contribution in [0.1, 0.15) is 0 Å². The average molecular weight is 289 g/mol. The van der Waals surface area contributed by atoms with Gasteiger partial charge >= 0.3 is 0 Å². The zero-order valence-corrected chi connectivity index (χ0v) is 10.3. The van der Waals surface area contributed by atoms with Crippen LogP contribution >= 0.6 is 15.9 Å². The van der Waals surface area contributed by atoms with E-state index in [9.17, 15) is 8.42 Å². The molecule has 2 aromatic rings. The lowest BCUT2D eigenvalue weighted by molar-refractivity contribution is 0.595. The van der Waals surface area contributed by atoms with Crippen molar-refractivity contribution in [1.82, 2.24) is 3.97 Å². The van der Waals surface area contributed by atoms with Crippen LogP contribution in [0.4, 0.5) is 5.69 Å². The van der Waals surface area contributed by atoms with Crippen molar-refractivity contribution < 1.29 is 8.42 Å². The predicted octanol–water partition coefficient (Wildman–Crippen LogP) is 1.79. The average Bonchev–Trinajstić information content (AvgIpc) is 2.42. The van der Waals surface area contributed by atoms with Crippen LogP contribution in [0, 0.1) is 0 Å². The second-order valence-corrected chi connectivity index (χ2v) is 6.03. The van der Waals surface area contributed by atoms with Crippen LogP contribution in [0.5, 0.6) is 0 Å². The molecule has 1 aromatic carbocycles. The monoisotopic (exact) mass is 288 g/mol. The van der Waals surface area contributed by atoms with Crippen molar-refractivity contribution in [3.05, 3.63) is 28.9 Å². The third kappa shape index (κ3) is 1.74. The van der Waals surface area contributed by atoms with Crippen molar-refractivity contribution in [3.63, 3.8) is 0 Å². The Hall–Kier alpha value is -1.01. The Morgan fingerprint density at radius 2 is 2.07 bits per heavy atom. The van der Waals surface area contributed by atoms with Gasteiger partial charge in [-0.15, -0.1) is 0 Å². The molecule has 0 aliphatic rings. The molecule has 4 nitrogen and oxygen atoms in total. The summed E-state index contributed by atoms with van der Waals surface area (Å²) in [6, 6.07) is 5.16. The first-order chi connectivity index (χ1) is 6.89. The van der Waals surface area contributed by atoms with Gasteiger partial charge in [-0.2, -0.15) is 0 Å². The third-order valence-electron chi connectivity index (χ3n) is 2.10. The highest BCUT2D eigenvalue weighted by atomic mass is 79.9. The van der Waals surface area contributed by atoms with Gasteiger partial charge in [0.05, 0.1) is 11.8 Å². The number of hydrogen-bond acceptors (Lipinski definition) is 3. The van der Waals surface area contributed by atoms with Gasteiger partial charge in [0.1, 0.15) is 0 Å². The molecule has 0 bridgehead atoms. The molecule has 6 heteroatoms. The highest BCUT2D eigenvalue weighted by Crippen LogP contribution is 2.28. The summed E-state index contributed by atoms with van der Waals surface area (Å²) in [7, 11) is -3.29. The molecule has 0 radical (unpaired) electrons. The van der Waals surface area contributed by atoms with Gasteiger partial charge in [0.25, 0.3) is 0 Å². The molecule has 0 saturated carbocycles. The van der Waals surface area contributed by atoms with Gasteiger partial charge in [-0.25, -0.2) is 12.4 Å². The van der Waals surface area contributed by atoms with Crippen molar-refractivity contribution in [2.24, 2.45) is 0 Å². The molecule has 0 atom stereocenters. The highest BCUT2D eigenvalue weighted by Gasteiger charge is 2.13. The van der Waals surface area contributed by atoms with Gasteiger partial charge in [-0.05, 0) is 34.1 Å². The number of anilines is 1. The molecule has 0 fully saturated rings. The fourth-order valence-corrected chi connectivity index (χ4v) is 2.93. The SMILES string of the molecule is CS(=O)(=O)n1cc(Br)c2ccc(N)cc21. The fraction of sp³-hybridized carbons (Fsp3) is 0.111. The first-order valence-electron chi connectivity index (χ1n) is 4.16. The summed E-state index contributed by atoms with van der Waals surface area (Å²) in [6.45, 7) is 0. The Morgan fingerprint density at radius 1 is 1.40 bits per heavy atom. The molecule has 0 aliphatic carbocycles. The normalized spacial score (nSPS) is 12.1. The van der Waals surface area contributed by atoms with Gasteiger partial charge in [0.15, 0.2) is 0 Å². The molecule has 2 rings (SSSR count). The number of halogens is 1. The Kier molecular flexibility index (Phi) is 2.27. The zero-order chi connectivity index (χ0) is 11.2. The number of nitrogens with two attached hydrogens (primary N) is 1. The molecule has 80 valence electrons. The van der Waals surface area contributed by atoms with Crippen molar-refractivity contribution in [2.75, 3.05) is 12.0 Å². The number of nitrogens with zero attached hydrogens (tertiary/aromatic N) is 1. The summed E-state index contributed by atoms with van der Waals surface area (Å²) >= 11 is 3.31. The van der Waals surface area contributed by atoms with Gasteiger partial charge < -0.3 is 5.73 Å². The Balaban J connectivity index is 2.94. The number of benzene rings is 1. The maximum atomic E-state index is 11.5. The van der Waals surface area contributed by atoms with Crippen LogP contribution in [0.3, 0.4) is 0 Å². The Labute approximate surface area is 95.9 Å². The van der Waals surface area contributed by atoms with Gasteiger partial charge in [0, 0.05) is 21.7 Å². The standard InChI is InChI=1S/C9H9BrN2O2S/c1-15(13,14)12-5-8(10)7-3-2-6(11)4-9(7)12/h2-5H,11H2,1H3. The molecule has 0 saturated heterocycles. The van der Waals surface area contributed by atoms with E-state index in [2.05, 4.69) is 15.9 Å². The molecule has 0 amide bonds. The van der Waals surface area contributed by atoms with Crippen molar-refractivity contribution >= 4 is 42.5 Å².